The average Bonchev–Trinajstić information content (AvgIpc) is 2.34. The summed E-state index contributed by atoms with van der Waals surface area (Å²) < 4.78 is 21.8. The lowest BCUT2D eigenvalue weighted by molar-refractivity contribution is 0.252. The number of anilines is 1. The van der Waals surface area contributed by atoms with E-state index >= 15 is 0 Å². The number of hydrogen-bond donors (Lipinski definition) is 3. The van der Waals surface area contributed by atoms with E-state index in [1.165, 1.54) is 6.26 Å². The van der Waals surface area contributed by atoms with Crippen molar-refractivity contribution in [1.29, 1.82) is 0 Å². The van der Waals surface area contributed by atoms with Gasteiger partial charge in [0.25, 0.3) is 0 Å². The Balaban J connectivity index is 2.34. The first-order valence-corrected chi connectivity index (χ1v) is 7.98. The Bertz CT molecular complexity index is 529. The zero-order chi connectivity index (χ0) is 14.3. The number of benzene rings is 1. The number of urea groups is 1. The minimum atomic E-state index is -2.98. The van der Waals surface area contributed by atoms with Crippen molar-refractivity contribution < 1.29 is 13.2 Å². The first-order valence-electron chi connectivity index (χ1n) is 5.92. The van der Waals surface area contributed by atoms with Crippen molar-refractivity contribution in [2.24, 2.45) is 5.73 Å². The molecule has 7 heteroatoms. The van der Waals surface area contributed by atoms with Crippen LogP contribution in [0, 0.1) is 0 Å². The highest BCUT2D eigenvalue weighted by Crippen LogP contribution is 2.09. The molecule has 19 heavy (non-hydrogen) atoms. The van der Waals surface area contributed by atoms with Crippen LogP contribution < -0.4 is 16.4 Å². The summed E-state index contributed by atoms with van der Waals surface area (Å²) in [6, 6.07) is 6.87. The van der Waals surface area contributed by atoms with Crippen LogP contribution in [0.25, 0.3) is 0 Å². The highest BCUT2D eigenvalue weighted by Gasteiger charge is 2.04. The van der Waals surface area contributed by atoms with Gasteiger partial charge in [0, 0.05) is 25.0 Å². The minimum absolute atomic E-state index is 0.0654. The molecule has 0 heterocycles. The summed E-state index contributed by atoms with van der Waals surface area (Å²) in [6.07, 6.45) is 1.57. The van der Waals surface area contributed by atoms with Gasteiger partial charge in [0.1, 0.15) is 9.84 Å². The maximum Gasteiger partial charge on any atom is 0.319 e. The molecular formula is C12H19N3O3S. The SMILES string of the molecule is CS(=O)(=O)CCCNC(=O)Nc1cccc(CN)c1. The van der Waals surface area contributed by atoms with Crippen LogP contribution in [0.5, 0.6) is 0 Å². The predicted octanol–water partition coefficient (Wildman–Crippen LogP) is 0.701. The topological polar surface area (TPSA) is 101 Å². The molecule has 0 aromatic heterocycles. The van der Waals surface area contributed by atoms with Crippen LogP contribution in [-0.2, 0) is 16.4 Å². The molecule has 0 saturated carbocycles. The molecule has 0 fully saturated rings. The molecule has 0 radical (unpaired) electrons. The molecule has 0 spiro atoms. The summed E-state index contributed by atoms with van der Waals surface area (Å²) in [5.41, 5.74) is 7.09. The van der Waals surface area contributed by atoms with E-state index in [-0.39, 0.29) is 11.8 Å². The van der Waals surface area contributed by atoms with Crippen LogP contribution >= 0.6 is 0 Å². The number of sulfone groups is 1. The average molecular weight is 285 g/mol. The zero-order valence-corrected chi connectivity index (χ0v) is 11.7. The van der Waals surface area contributed by atoms with Crippen LogP contribution in [0.15, 0.2) is 24.3 Å². The third-order valence-electron chi connectivity index (χ3n) is 2.40. The first-order chi connectivity index (χ1) is 8.90. The molecule has 0 aliphatic rings. The van der Waals surface area contributed by atoms with Crippen LogP contribution in [-0.4, -0.2) is 33.0 Å². The van der Waals surface area contributed by atoms with Gasteiger partial charge < -0.3 is 16.4 Å². The van der Waals surface area contributed by atoms with Gasteiger partial charge in [0.15, 0.2) is 0 Å². The lowest BCUT2D eigenvalue weighted by Gasteiger charge is -2.08. The normalized spacial score (nSPS) is 11.1. The van der Waals surface area contributed by atoms with Crippen molar-refractivity contribution in [3.63, 3.8) is 0 Å². The molecule has 0 atom stereocenters. The highest BCUT2D eigenvalue weighted by molar-refractivity contribution is 7.90. The van der Waals surface area contributed by atoms with E-state index in [2.05, 4.69) is 10.6 Å². The molecule has 0 aliphatic carbocycles. The molecule has 1 rings (SSSR count). The summed E-state index contributed by atoms with van der Waals surface area (Å²) in [5.74, 6) is 0.0654. The standard InChI is InChI=1S/C12H19N3O3S/c1-19(17,18)7-3-6-14-12(16)15-11-5-2-4-10(8-11)9-13/h2,4-5,8H,3,6-7,9,13H2,1H3,(H2,14,15,16). The Morgan fingerprint density at radius 3 is 2.74 bits per heavy atom. The molecule has 4 N–H and O–H groups in total. The molecule has 106 valence electrons. The van der Waals surface area contributed by atoms with Gasteiger partial charge in [-0.2, -0.15) is 0 Å². The van der Waals surface area contributed by atoms with E-state index < -0.39 is 9.84 Å². The number of amides is 2. The predicted molar refractivity (Wildman–Crippen MR) is 75.7 cm³/mol. The molecule has 0 aliphatic heterocycles. The second kappa shape index (κ2) is 7.10. The summed E-state index contributed by atoms with van der Waals surface area (Å²) in [7, 11) is -2.98. The van der Waals surface area contributed by atoms with Crippen LogP contribution in [0.1, 0.15) is 12.0 Å². The fourth-order valence-electron chi connectivity index (χ4n) is 1.49. The molecule has 0 saturated heterocycles. The number of rotatable bonds is 6. The van der Waals surface area contributed by atoms with Crippen LogP contribution in [0.2, 0.25) is 0 Å². The van der Waals surface area contributed by atoms with E-state index in [1.807, 2.05) is 12.1 Å². The van der Waals surface area contributed by atoms with Gasteiger partial charge in [-0.05, 0) is 24.1 Å². The second-order valence-electron chi connectivity index (χ2n) is 4.27. The Morgan fingerprint density at radius 2 is 2.11 bits per heavy atom. The minimum Gasteiger partial charge on any atom is -0.338 e. The molecule has 1 aromatic carbocycles. The van der Waals surface area contributed by atoms with Gasteiger partial charge in [0.2, 0.25) is 0 Å². The van der Waals surface area contributed by atoms with Crippen LogP contribution in [0.3, 0.4) is 0 Å². The Hall–Kier alpha value is -1.60. The van der Waals surface area contributed by atoms with Crippen molar-refractivity contribution in [2.75, 3.05) is 23.9 Å². The van der Waals surface area contributed by atoms with Crippen molar-refractivity contribution in [3.8, 4) is 0 Å². The Labute approximate surface area is 113 Å². The second-order valence-corrected chi connectivity index (χ2v) is 6.53. The van der Waals surface area contributed by atoms with Gasteiger partial charge in [-0.25, -0.2) is 13.2 Å². The fraction of sp³-hybridized carbons (Fsp3) is 0.417. The maximum atomic E-state index is 11.5. The molecule has 2 amide bonds. The quantitative estimate of drug-likeness (QED) is 0.670. The smallest absolute Gasteiger partial charge is 0.319 e. The fourth-order valence-corrected chi connectivity index (χ4v) is 2.16. The Morgan fingerprint density at radius 1 is 1.37 bits per heavy atom. The number of nitrogens with two attached hydrogens (primary N) is 1. The van der Waals surface area contributed by atoms with E-state index in [1.54, 1.807) is 12.1 Å². The van der Waals surface area contributed by atoms with Crippen LogP contribution in [0.4, 0.5) is 10.5 Å². The lowest BCUT2D eigenvalue weighted by Crippen LogP contribution is -2.30. The van der Waals surface area contributed by atoms with Crippen molar-refractivity contribution in [2.45, 2.75) is 13.0 Å². The summed E-state index contributed by atoms with van der Waals surface area (Å²) >= 11 is 0. The first kappa shape index (κ1) is 15.5. The molecule has 6 nitrogen and oxygen atoms in total. The lowest BCUT2D eigenvalue weighted by atomic mass is 10.2. The van der Waals surface area contributed by atoms with Crippen molar-refractivity contribution in [3.05, 3.63) is 29.8 Å². The van der Waals surface area contributed by atoms with Gasteiger partial charge in [-0.1, -0.05) is 12.1 Å². The van der Waals surface area contributed by atoms with E-state index in [4.69, 9.17) is 5.73 Å². The zero-order valence-electron chi connectivity index (χ0n) is 10.8. The third kappa shape index (κ3) is 6.78. The summed E-state index contributed by atoms with van der Waals surface area (Å²) in [5, 5.41) is 5.25. The summed E-state index contributed by atoms with van der Waals surface area (Å²) in [4.78, 5) is 11.5. The van der Waals surface area contributed by atoms with Gasteiger partial charge >= 0.3 is 6.03 Å². The molecule has 1 aromatic rings. The van der Waals surface area contributed by atoms with Gasteiger partial charge in [0.05, 0.1) is 5.75 Å². The molecular weight excluding hydrogens is 266 g/mol. The third-order valence-corrected chi connectivity index (χ3v) is 3.43. The van der Waals surface area contributed by atoms with Gasteiger partial charge in [-0.3, -0.25) is 0 Å². The molecule has 0 bridgehead atoms. The van der Waals surface area contributed by atoms with E-state index in [0.29, 0.717) is 25.2 Å². The molecule has 0 unspecified atom stereocenters. The maximum absolute atomic E-state index is 11.5. The van der Waals surface area contributed by atoms with Gasteiger partial charge in [-0.15, -0.1) is 0 Å². The number of nitrogens with one attached hydrogen (secondary N) is 2. The largest absolute Gasteiger partial charge is 0.338 e. The van der Waals surface area contributed by atoms with E-state index in [0.717, 1.165) is 5.56 Å². The number of hydrogen-bond acceptors (Lipinski definition) is 4. The monoisotopic (exact) mass is 285 g/mol. The van der Waals surface area contributed by atoms with Crippen molar-refractivity contribution >= 4 is 21.6 Å². The van der Waals surface area contributed by atoms with Crippen molar-refractivity contribution in [1.82, 2.24) is 5.32 Å². The summed E-state index contributed by atoms with van der Waals surface area (Å²) in [6.45, 7) is 0.723. The highest BCUT2D eigenvalue weighted by atomic mass is 32.2. The van der Waals surface area contributed by atoms with E-state index in [9.17, 15) is 13.2 Å². The number of carbonyl (C=O) groups is 1. The number of carbonyl (C=O) groups excluding carboxylic acids is 1. The Kier molecular flexibility index (Phi) is 5.78.